The molecular weight excluding hydrogens is 973 g/mol. The van der Waals surface area contributed by atoms with Gasteiger partial charge in [0.1, 0.15) is 46.0 Å². The first kappa shape index (κ1) is 62.9. The van der Waals surface area contributed by atoms with Crippen LogP contribution in [0.5, 0.6) is 46.0 Å². The van der Waals surface area contributed by atoms with Crippen LogP contribution in [-0.2, 0) is 46.9 Å². The van der Waals surface area contributed by atoms with E-state index in [1.165, 1.54) is 0 Å². The number of phenolic OH excluding ortho intramolecular Hbond substituents is 8. The molecule has 0 saturated carbocycles. The summed E-state index contributed by atoms with van der Waals surface area (Å²) in [5.74, 6) is -14.5. The zero-order valence-corrected chi connectivity index (χ0v) is 46.2. The van der Waals surface area contributed by atoms with Crippen LogP contribution in [0.3, 0.4) is 0 Å². The molecule has 0 aliphatic carbocycles. The Morgan fingerprint density at radius 1 is 0.375 bits per heavy atom. The number of phenols is 8. The first-order valence-electron chi connectivity index (χ1n) is 17.5. The Morgan fingerprint density at radius 3 is 1.00 bits per heavy atom. The number of hydrogen-bond acceptors (Lipinski definition) is 20. The third-order valence-corrected chi connectivity index (χ3v) is 12.7. The molecule has 20 nitrogen and oxygen atoms in total. The maximum Gasteiger partial charge on any atom is 1.00 e. The fourth-order valence-electron chi connectivity index (χ4n) is 6.95. The second-order valence-corrected chi connectivity index (χ2v) is 20.0. The van der Waals surface area contributed by atoms with Gasteiger partial charge in [0.05, 0.1) is 40.5 Å². The molecule has 4 rings (SSSR count). The molecule has 8 N–H and O–H groups in total. The van der Waals surface area contributed by atoms with Crippen molar-refractivity contribution in [1.82, 2.24) is 0 Å². The van der Waals surface area contributed by atoms with Crippen molar-refractivity contribution in [3.05, 3.63) is 93.5 Å². The van der Waals surface area contributed by atoms with E-state index in [-0.39, 0.29) is 164 Å². The van der Waals surface area contributed by atoms with E-state index in [1.54, 1.807) is 0 Å². The Hall–Kier alpha value is -1.08. The van der Waals surface area contributed by atoms with Crippen LogP contribution in [-0.4, -0.2) is 116 Å². The molecule has 0 fully saturated rings. The van der Waals surface area contributed by atoms with Crippen LogP contribution in [0.2, 0.25) is 0 Å². The molecule has 0 amide bonds. The Bertz CT molecular complexity index is 2720. The third kappa shape index (κ3) is 18.4. The van der Waals surface area contributed by atoms with Crippen molar-refractivity contribution >= 4 is 40.5 Å². The van der Waals surface area contributed by atoms with E-state index in [2.05, 4.69) is 0 Å². The predicted molar refractivity (Wildman–Crippen MR) is 205 cm³/mol. The summed E-state index contributed by atoms with van der Waals surface area (Å²) in [6.45, 7) is 0. The van der Waals surface area contributed by atoms with Gasteiger partial charge in [-0.15, -0.1) is 0 Å². The van der Waals surface area contributed by atoms with Crippen molar-refractivity contribution in [3.63, 3.8) is 0 Å². The van der Waals surface area contributed by atoms with Crippen LogP contribution in [0.15, 0.2) is 54.6 Å². The van der Waals surface area contributed by atoms with Crippen LogP contribution in [0.4, 0.5) is 0 Å². The van der Waals surface area contributed by atoms with Crippen LogP contribution in [0, 0.1) is 0 Å². The van der Waals surface area contributed by atoms with E-state index >= 15 is 0 Å². The molecule has 0 saturated heterocycles. The summed E-state index contributed by atoms with van der Waals surface area (Å²) in [6.07, 6.45) is -2.71. The third-order valence-electron chi connectivity index (χ3n) is 9.66. The van der Waals surface area contributed by atoms with E-state index in [0.717, 1.165) is 42.5 Å². The predicted octanol–water partition coefficient (Wildman–Crippen LogP) is -9.97. The molecule has 0 aliphatic heterocycles. The topological polar surface area (TPSA) is 391 Å². The molecule has 330 valence electrons. The van der Waals surface area contributed by atoms with Gasteiger partial charge in [-0.3, -0.25) is 0 Å². The number of benzene rings is 4. The van der Waals surface area contributed by atoms with Crippen LogP contribution in [0.1, 0.15) is 82.4 Å². The zero-order chi connectivity index (χ0) is 45.1. The largest absolute Gasteiger partial charge is 1.00 e. The maximum atomic E-state index is 12.0. The molecule has 3 atom stereocenters. The van der Waals surface area contributed by atoms with Gasteiger partial charge in [-0.2, -0.15) is 0 Å². The number of aryl methyl sites for hydroxylation is 1. The molecule has 0 bridgehead atoms. The van der Waals surface area contributed by atoms with Gasteiger partial charge in [-0.1, -0.05) is 6.07 Å². The molecule has 3 unspecified atom stereocenters. The molecule has 64 heavy (non-hydrogen) atoms. The minimum absolute atomic E-state index is 0. The van der Waals surface area contributed by atoms with Crippen LogP contribution >= 0.6 is 0 Å². The van der Waals surface area contributed by atoms with E-state index < -0.39 is 152 Å². The van der Waals surface area contributed by atoms with Crippen molar-refractivity contribution in [2.24, 2.45) is 0 Å². The summed E-state index contributed by atoms with van der Waals surface area (Å²) in [6, 6.07) is 8.31. The summed E-state index contributed by atoms with van der Waals surface area (Å²) in [5, 5.41) is 86.7. The van der Waals surface area contributed by atoms with E-state index in [4.69, 9.17) is 0 Å². The monoisotopic (exact) mass is 1010 g/mol. The minimum atomic E-state index is -5.09. The van der Waals surface area contributed by atoms with Crippen molar-refractivity contribution in [1.29, 1.82) is 0 Å². The number of aromatic hydroxyl groups is 8. The van der Waals surface area contributed by atoms with E-state index in [0.29, 0.717) is 12.1 Å². The van der Waals surface area contributed by atoms with Gasteiger partial charge in [0.25, 0.3) is 0 Å². The molecule has 0 aromatic heterocycles. The zero-order valence-electron chi connectivity index (χ0n) is 34.9. The Kier molecular flexibility index (Phi) is 25.1. The summed E-state index contributed by atoms with van der Waals surface area (Å²) >= 11 is 0. The fraction of sp³-hybridized carbons (Fsp3) is 0.333. The van der Waals surface area contributed by atoms with Gasteiger partial charge >= 0.3 is 118 Å². The minimum Gasteiger partial charge on any atom is -0.748 e. The first-order chi connectivity index (χ1) is 27.5. The average molecular weight is 1010 g/mol. The van der Waals surface area contributed by atoms with Crippen molar-refractivity contribution in [2.75, 3.05) is 23.0 Å². The molecule has 0 spiro atoms. The molecule has 0 radical (unpaired) electrons. The summed E-state index contributed by atoms with van der Waals surface area (Å²) in [5.41, 5.74) is -1.95. The van der Waals surface area contributed by atoms with Crippen molar-refractivity contribution in [2.45, 2.75) is 49.9 Å². The first-order valence-corrected chi connectivity index (χ1v) is 23.8. The molecular formula is C36H38Na4O20S4. The van der Waals surface area contributed by atoms with Gasteiger partial charge in [0.2, 0.25) is 0 Å². The molecule has 0 heterocycles. The summed E-state index contributed by atoms with van der Waals surface area (Å²) in [7, 11) is -19.8. The summed E-state index contributed by atoms with van der Waals surface area (Å²) < 4.78 is 140. The Labute approximate surface area is 458 Å². The molecule has 0 aliphatic rings. The standard InChI is InChI=1S/C36H42O20S4.4Na/c37-20-3-4-24(31(39)13-20)21(5-9-58(48,49)50)26-14-28(35(43)17-33(26)41)23(7-11-60(54,55)56)29-15-27(34(42)18-36(29)44)22(6-10-59(51,52)53)25-12-19(30(38)16-32(25)40)2-1-8-57(45,46)47;;;;/h3-4,12-18,21-23,37-44H,1-2,5-11H2,(H,45,46,47)(H,48,49,50)(H,51,52,53)(H,54,55,56);;;;/q;4*+1/p-4. The smallest absolute Gasteiger partial charge is 0.748 e. The van der Waals surface area contributed by atoms with Crippen LogP contribution in [0.25, 0.3) is 0 Å². The van der Waals surface area contributed by atoms with Gasteiger partial charge in [-0.25, -0.2) is 33.7 Å². The Balaban J connectivity index is 0.00000992. The van der Waals surface area contributed by atoms with Gasteiger partial charge in [0, 0.05) is 98.4 Å². The Morgan fingerprint density at radius 2 is 0.672 bits per heavy atom. The quantitative estimate of drug-likeness (QED) is 0.0319. The van der Waals surface area contributed by atoms with E-state index in [9.17, 15) is 92.7 Å². The SMILES string of the molecule is O=S(=O)([O-])CCCc1cc(C(CCS(=O)(=O)[O-])c2cc(C(CCS(=O)(=O)[O-])c3cc(C(CCS(=O)(=O)[O-])c4ccc(O)cc4O)c(O)cc3O)c(O)cc2O)c(O)cc1O.[Na+].[Na+].[Na+].[Na+]. The number of rotatable bonds is 19. The van der Waals surface area contributed by atoms with Gasteiger partial charge < -0.3 is 59.1 Å². The second kappa shape index (κ2) is 25.5. The summed E-state index contributed by atoms with van der Waals surface area (Å²) in [4.78, 5) is 0. The fourth-order valence-corrected chi connectivity index (χ4v) is 9.02. The number of hydrogen-bond donors (Lipinski definition) is 8. The molecule has 28 heteroatoms. The second-order valence-electron chi connectivity index (χ2n) is 13.9. The van der Waals surface area contributed by atoms with Crippen molar-refractivity contribution < 1.29 is 211 Å². The molecule has 4 aromatic rings. The van der Waals surface area contributed by atoms with Crippen molar-refractivity contribution in [3.8, 4) is 46.0 Å². The van der Waals surface area contributed by atoms with Crippen LogP contribution < -0.4 is 118 Å². The normalized spacial score (nSPS) is 13.2. The average Bonchev–Trinajstić information content (AvgIpc) is 3.08. The van der Waals surface area contributed by atoms with Gasteiger partial charge in [0.15, 0.2) is 0 Å². The maximum absolute atomic E-state index is 12.0. The molecule has 4 aromatic carbocycles. The van der Waals surface area contributed by atoms with Gasteiger partial charge in [-0.05, 0) is 61.9 Å². The van der Waals surface area contributed by atoms with E-state index in [1.807, 2.05) is 0 Å².